The number of piperidine rings is 1. The Morgan fingerprint density at radius 3 is 2.33 bits per heavy atom. The van der Waals surface area contributed by atoms with E-state index >= 15 is 0 Å². The fourth-order valence-corrected chi connectivity index (χ4v) is 2.71. The Balaban J connectivity index is 1.80. The molecule has 1 rings (SSSR count). The average Bonchev–Trinajstić information content (AvgIpc) is 2.53. The lowest BCUT2D eigenvalue weighted by Crippen LogP contribution is -2.38. The van der Waals surface area contributed by atoms with Crippen LogP contribution in [0, 0.1) is 5.92 Å². The molecule has 0 aromatic carbocycles. The Kier molecular flexibility index (Phi) is 12.6. The molecule has 4 nitrogen and oxygen atoms in total. The van der Waals surface area contributed by atoms with E-state index < -0.39 is 0 Å². The van der Waals surface area contributed by atoms with Crippen molar-refractivity contribution >= 4 is 11.6 Å². The number of alkyl halides is 1. The topological polar surface area (TPSA) is 30.9 Å². The monoisotopic (exact) mass is 321 g/mol. The van der Waals surface area contributed by atoms with E-state index in [1.54, 1.807) is 0 Å². The molecule has 1 saturated heterocycles. The number of rotatable bonds is 13. The van der Waals surface area contributed by atoms with Crippen molar-refractivity contribution < 1.29 is 14.2 Å². The van der Waals surface area contributed by atoms with Crippen LogP contribution in [0.1, 0.15) is 32.6 Å². The summed E-state index contributed by atoms with van der Waals surface area (Å²) in [6.45, 7) is 9.78. The average molecular weight is 322 g/mol. The van der Waals surface area contributed by atoms with Crippen LogP contribution in [0.2, 0.25) is 0 Å². The molecule has 5 heteroatoms. The van der Waals surface area contributed by atoms with Crippen molar-refractivity contribution in [3.05, 3.63) is 0 Å². The molecule has 0 saturated carbocycles. The molecule has 1 fully saturated rings. The molecule has 0 aromatic rings. The summed E-state index contributed by atoms with van der Waals surface area (Å²) in [5, 5.41) is 0. The van der Waals surface area contributed by atoms with Gasteiger partial charge in [0.15, 0.2) is 0 Å². The molecule has 0 radical (unpaired) electrons. The van der Waals surface area contributed by atoms with Gasteiger partial charge in [-0.15, -0.1) is 11.6 Å². The minimum atomic E-state index is 0.654. The lowest BCUT2D eigenvalue weighted by molar-refractivity contribution is 0.00842. The maximum Gasteiger partial charge on any atom is 0.0701 e. The molecule has 0 N–H and O–H groups in total. The molecule has 1 atom stereocenters. The van der Waals surface area contributed by atoms with Crippen LogP contribution in [0.3, 0.4) is 0 Å². The first-order valence-electron chi connectivity index (χ1n) is 8.38. The fraction of sp³-hybridized carbons (Fsp3) is 1.00. The SMILES string of the molecule is CCCCOCCOCCOCCN1CCCC(CCl)C1. The molecule has 0 aliphatic carbocycles. The van der Waals surface area contributed by atoms with E-state index in [-0.39, 0.29) is 0 Å². The minimum Gasteiger partial charge on any atom is -0.379 e. The molecule has 0 bridgehead atoms. The van der Waals surface area contributed by atoms with E-state index in [0.29, 0.717) is 32.3 Å². The molecule has 0 aromatic heterocycles. The molecule has 126 valence electrons. The zero-order valence-electron chi connectivity index (χ0n) is 13.5. The summed E-state index contributed by atoms with van der Waals surface area (Å²) in [6.07, 6.45) is 4.84. The van der Waals surface area contributed by atoms with Crippen molar-refractivity contribution in [3.63, 3.8) is 0 Å². The molecule has 1 unspecified atom stereocenters. The van der Waals surface area contributed by atoms with Gasteiger partial charge >= 0.3 is 0 Å². The van der Waals surface area contributed by atoms with Crippen molar-refractivity contribution in [1.82, 2.24) is 4.90 Å². The lowest BCUT2D eigenvalue weighted by atomic mass is 10.0. The molecular weight excluding hydrogens is 290 g/mol. The first kappa shape index (κ1) is 19.2. The fourth-order valence-electron chi connectivity index (χ4n) is 2.46. The second-order valence-corrected chi connectivity index (χ2v) is 5.96. The molecular formula is C16H32ClNO3. The summed E-state index contributed by atoms with van der Waals surface area (Å²) >= 11 is 5.93. The zero-order valence-corrected chi connectivity index (χ0v) is 14.3. The summed E-state index contributed by atoms with van der Waals surface area (Å²) in [6, 6.07) is 0. The maximum absolute atomic E-state index is 5.93. The number of hydrogen-bond acceptors (Lipinski definition) is 4. The predicted molar refractivity (Wildman–Crippen MR) is 87.2 cm³/mol. The number of nitrogens with zero attached hydrogens (tertiary/aromatic N) is 1. The number of halogens is 1. The van der Waals surface area contributed by atoms with E-state index in [1.165, 1.54) is 25.8 Å². The molecule has 1 heterocycles. The summed E-state index contributed by atoms with van der Waals surface area (Å²) in [7, 11) is 0. The van der Waals surface area contributed by atoms with Crippen LogP contribution in [0.4, 0.5) is 0 Å². The summed E-state index contributed by atoms with van der Waals surface area (Å²) in [4.78, 5) is 2.46. The Morgan fingerprint density at radius 1 is 1.00 bits per heavy atom. The van der Waals surface area contributed by atoms with Gasteiger partial charge in [-0.1, -0.05) is 13.3 Å². The van der Waals surface area contributed by atoms with E-state index in [2.05, 4.69) is 11.8 Å². The molecule has 0 amide bonds. The van der Waals surface area contributed by atoms with Gasteiger partial charge < -0.3 is 19.1 Å². The molecule has 1 aliphatic heterocycles. The largest absolute Gasteiger partial charge is 0.379 e. The van der Waals surface area contributed by atoms with Gasteiger partial charge in [-0.25, -0.2) is 0 Å². The van der Waals surface area contributed by atoms with Gasteiger partial charge in [0.25, 0.3) is 0 Å². The van der Waals surface area contributed by atoms with Crippen LogP contribution in [-0.4, -0.2) is 70.1 Å². The maximum atomic E-state index is 5.93. The third kappa shape index (κ3) is 10.5. The standard InChI is InChI=1S/C16H32ClNO3/c1-2-3-8-19-10-12-21-13-11-20-9-7-18-6-4-5-16(14-17)15-18/h16H,2-15H2,1H3. The van der Waals surface area contributed by atoms with Crippen LogP contribution >= 0.6 is 11.6 Å². The molecule has 21 heavy (non-hydrogen) atoms. The van der Waals surface area contributed by atoms with Crippen molar-refractivity contribution in [3.8, 4) is 0 Å². The number of ether oxygens (including phenoxy) is 3. The van der Waals surface area contributed by atoms with Crippen LogP contribution < -0.4 is 0 Å². The number of likely N-dealkylation sites (tertiary alicyclic amines) is 1. The van der Waals surface area contributed by atoms with Crippen molar-refractivity contribution in [2.75, 3.05) is 65.2 Å². The van der Waals surface area contributed by atoms with Crippen molar-refractivity contribution in [2.45, 2.75) is 32.6 Å². The zero-order chi connectivity index (χ0) is 15.2. The Morgan fingerprint density at radius 2 is 1.67 bits per heavy atom. The second kappa shape index (κ2) is 13.8. The van der Waals surface area contributed by atoms with Crippen LogP contribution in [0.15, 0.2) is 0 Å². The predicted octanol–water partition coefficient (Wildman–Crippen LogP) is 2.79. The molecule has 1 aliphatic rings. The van der Waals surface area contributed by atoms with E-state index in [0.717, 1.165) is 38.6 Å². The van der Waals surface area contributed by atoms with Gasteiger partial charge in [-0.2, -0.15) is 0 Å². The Bertz CT molecular complexity index is 232. The number of hydrogen-bond donors (Lipinski definition) is 0. The van der Waals surface area contributed by atoms with Gasteiger partial charge in [0.2, 0.25) is 0 Å². The van der Waals surface area contributed by atoms with Gasteiger partial charge in [0, 0.05) is 25.6 Å². The Hall–Kier alpha value is 0.130. The second-order valence-electron chi connectivity index (χ2n) is 5.65. The highest BCUT2D eigenvalue weighted by molar-refractivity contribution is 6.18. The first-order valence-corrected chi connectivity index (χ1v) is 8.91. The highest BCUT2D eigenvalue weighted by Gasteiger charge is 2.18. The van der Waals surface area contributed by atoms with Crippen molar-refractivity contribution in [1.29, 1.82) is 0 Å². The molecule has 0 spiro atoms. The quantitative estimate of drug-likeness (QED) is 0.385. The normalized spacial score (nSPS) is 20.0. The summed E-state index contributed by atoms with van der Waals surface area (Å²) in [5.74, 6) is 1.45. The highest BCUT2D eigenvalue weighted by Crippen LogP contribution is 2.16. The van der Waals surface area contributed by atoms with E-state index in [9.17, 15) is 0 Å². The van der Waals surface area contributed by atoms with Gasteiger partial charge in [0.1, 0.15) is 0 Å². The minimum absolute atomic E-state index is 0.654. The van der Waals surface area contributed by atoms with Crippen LogP contribution in [0.25, 0.3) is 0 Å². The van der Waals surface area contributed by atoms with Crippen LogP contribution in [-0.2, 0) is 14.2 Å². The highest BCUT2D eigenvalue weighted by atomic mass is 35.5. The first-order chi connectivity index (χ1) is 10.4. The summed E-state index contributed by atoms with van der Waals surface area (Å²) in [5.41, 5.74) is 0. The van der Waals surface area contributed by atoms with Crippen LogP contribution in [0.5, 0.6) is 0 Å². The van der Waals surface area contributed by atoms with Gasteiger partial charge in [-0.3, -0.25) is 0 Å². The van der Waals surface area contributed by atoms with Gasteiger partial charge in [-0.05, 0) is 31.7 Å². The third-order valence-corrected chi connectivity index (χ3v) is 4.20. The summed E-state index contributed by atoms with van der Waals surface area (Å²) < 4.78 is 16.5. The lowest BCUT2D eigenvalue weighted by Gasteiger charge is -2.31. The van der Waals surface area contributed by atoms with Crippen molar-refractivity contribution in [2.24, 2.45) is 5.92 Å². The van der Waals surface area contributed by atoms with E-state index in [4.69, 9.17) is 25.8 Å². The smallest absolute Gasteiger partial charge is 0.0701 e. The van der Waals surface area contributed by atoms with Gasteiger partial charge in [0.05, 0.1) is 33.0 Å². The van der Waals surface area contributed by atoms with E-state index in [1.807, 2.05) is 0 Å². The number of unbranched alkanes of at least 4 members (excludes halogenated alkanes) is 1. The Labute approximate surface area is 135 Å². The third-order valence-electron chi connectivity index (χ3n) is 3.76.